The van der Waals surface area contributed by atoms with Gasteiger partial charge in [-0.3, -0.25) is 0 Å². The molecule has 146 valence electrons. The number of hydrogen-bond acceptors (Lipinski definition) is 2. The zero-order chi connectivity index (χ0) is 20.6. The molecule has 0 radical (unpaired) electrons. The van der Waals surface area contributed by atoms with Gasteiger partial charge in [0.1, 0.15) is 16.8 Å². The number of fused-ring (bicyclic) bond motifs is 1. The summed E-state index contributed by atoms with van der Waals surface area (Å²) < 4.78 is 20.3. The first-order chi connectivity index (χ1) is 13.8. The fourth-order valence-corrected chi connectivity index (χ4v) is 5.61. The minimum absolute atomic E-state index is 0.196. The Kier molecular flexibility index (Phi) is 4.97. The van der Waals surface area contributed by atoms with Gasteiger partial charge in [-0.15, -0.1) is 0 Å². The Bertz CT molecular complexity index is 1190. The molecule has 1 heterocycles. The van der Waals surface area contributed by atoms with Crippen LogP contribution in [0.25, 0.3) is 15.0 Å². The monoisotopic (exact) mass is 405 g/mol. The van der Waals surface area contributed by atoms with E-state index in [9.17, 15) is 9.18 Å². The Hall–Kier alpha value is -2.98. The topological polar surface area (TPSA) is 26.3 Å². The van der Waals surface area contributed by atoms with Crippen LogP contribution in [0.3, 0.4) is 0 Å². The van der Waals surface area contributed by atoms with Crippen LogP contribution in [-0.4, -0.2) is 5.97 Å². The first kappa shape index (κ1) is 19.3. The number of benzene rings is 3. The third-order valence-corrected chi connectivity index (χ3v) is 7.24. The van der Waals surface area contributed by atoms with Gasteiger partial charge < -0.3 is 4.74 Å². The van der Waals surface area contributed by atoms with Crippen molar-refractivity contribution in [3.05, 3.63) is 101 Å². The molecule has 4 rings (SSSR count). The maximum atomic E-state index is 13.2. The Labute approximate surface area is 172 Å². The minimum atomic E-state index is -0.862. The van der Waals surface area contributed by atoms with Crippen LogP contribution >= 0.6 is 10.5 Å². The first-order valence-corrected chi connectivity index (χ1v) is 10.7. The SMILES string of the molecule is Cc1c[s+](-c2cccc(C(=O)OC(C)(C)c3ccc(F)cc3)c2)c2ccccc12. The van der Waals surface area contributed by atoms with Gasteiger partial charge in [-0.1, -0.05) is 30.3 Å². The Balaban J connectivity index is 1.64. The number of aryl methyl sites for hydroxylation is 1. The van der Waals surface area contributed by atoms with Crippen molar-refractivity contribution in [1.82, 2.24) is 0 Å². The molecule has 0 amide bonds. The van der Waals surface area contributed by atoms with Gasteiger partial charge in [-0.25, -0.2) is 9.18 Å². The second-order valence-corrected chi connectivity index (χ2v) is 9.39. The van der Waals surface area contributed by atoms with Gasteiger partial charge in [0.15, 0.2) is 9.60 Å². The Morgan fingerprint density at radius 1 is 0.966 bits per heavy atom. The number of halogens is 1. The average molecular weight is 406 g/mol. The summed E-state index contributed by atoms with van der Waals surface area (Å²) in [6.07, 6.45) is 0. The van der Waals surface area contributed by atoms with Crippen LogP contribution < -0.4 is 0 Å². The molecule has 1 aromatic heterocycles. The predicted octanol–water partition coefficient (Wildman–Crippen LogP) is 7.12. The van der Waals surface area contributed by atoms with Crippen molar-refractivity contribution in [1.29, 1.82) is 0 Å². The number of carbonyl (C=O) groups is 1. The van der Waals surface area contributed by atoms with Gasteiger partial charge in [-0.05, 0) is 62.7 Å². The highest BCUT2D eigenvalue weighted by Crippen LogP contribution is 2.42. The fourth-order valence-electron chi connectivity index (χ4n) is 3.44. The van der Waals surface area contributed by atoms with Crippen LogP contribution in [0.4, 0.5) is 4.39 Å². The molecule has 3 aromatic carbocycles. The van der Waals surface area contributed by atoms with E-state index in [2.05, 4.69) is 36.6 Å². The van der Waals surface area contributed by atoms with Gasteiger partial charge in [-0.2, -0.15) is 0 Å². The number of thiophene rings is 1. The molecule has 0 aliphatic heterocycles. The normalized spacial score (nSPS) is 12.2. The van der Waals surface area contributed by atoms with Crippen molar-refractivity contribution < 1.29 is 13.9 Å². The summed E-state index contributed by atoms with van der Waals surface area (Å²) in [6.45, 7) is 5.74. The minimum Gasteiger partial charge on any atom is -0.451 e. The van der Waals surface area contributed by atoms with Gasteiger partial charge in [0.2, 0.25) is 0 Å². The molecule has 0 saturated heterocycles. The zero-order valence-corrected chi connectivity index (χ0v) is 17.4. The Morgan fingerprint density at radius 2 is 1.69 bits per heavy atom. The summed E-state index contributed by atoms with van der Waals surface area (Å²) in [5, 5.41) is 3.53. The second kappa shape index (κ2) is 7.45. The van der Waals surface area contributed by atoms with Crippen LogP contribution in [-0.2, 0) is 10.3 Å². The number of hydrogen-bond donors (Lipinski definition) is 0. The molecule has 0 aliphatic rings. The van der Waals surface area contributed by atoms with Crippen LogP contribution in [0.15, 0.2) is 78.2 Å². The van der Waals surface area contributed by atoms with E-state index in [1.165, 1.54) is 27.8 Å². The molecule has 0 bridgehead atoms. The fraction of sp³-hybridized carbons (Fsp3) is 0.160. The summed E-state index contributed by atoms with van der Waals surface area (Å²) in [5.41, 5.74) is 1.66. The van der Waals surface area contributed by atoms with E-state index in [0.29, 0.717) is 5.56 Å². The van der Waals surface area contributed by atoms with E-state index in [0.717, 1.165) is 10.5 Å². The van der Waals surface area contributed by atoms with Crippen molar-refractivity contribution in [2.75, 3.05) is 0 Å². The standard InChI is InChI=1S/C25H22FO2S/c1-17-16-29(23-10-5-4-9-22(17)23)21-8-6-7-18(15-21)24(27)28-25(2,3)19-11-13-20(26)14-12-19/h4-16H,1-3H3/q+1. The highest BCUT2D eigenvalue weighted by Gasteiger charge is 2.27. The third-order valence-electron chi connectivity index (χ3n) is 5.05. The molecule has 4 heteroatoms. The molecule has 0 spiro atoms. The van der Waals surface area contributed by atoms with Crippen molar-refractivity contribution in [3.8, 4) is 4.90 Å². The van der Waals surface area contributed by atoms with Crippen molar-refractivity contribution in [3.63, 3.8) is 0 Å². The van der Waals surface area contributed by atoms with Crippen LogP contribution in [0.1, 0.15) is 35.3 Å². The summed E-state index contributed by atoms with van der Waals surface area (Å²) in [6, 6.07) is 22.1. The summed E-state index contributed by atoms with van der Waals surface area (Å²) in [5.74, 6) is -0.706. The van der Waals surface area contributed by atoms with Crippen molar-refractivity contribution >= 4 is 26.5 Å². The van der Waals surface area contributed by atoms with Gasteiger partial charge in [0, 0.05) is 27.5 Å². The molecular weight excluding hydrogens is 383 g/mol. The highest BCUT2D eigenvalue weighted by molar-refractivity contribution is 7.43. The van der Waals surface area contributed by atoms with Crippen LogP contribution in [0.2, 0.25) is 0 Å². The molecule has 1 atom stereocenters. The lowest BCUT2D eigenvalue weighted by molar-refractivity contribution is -0.00313. The maximum absolute atomic E-state index is 13.2. The van der Waals surface area contributed by atoms with Gasteiger partial charge >= 0.3 is 5.97 Å². The first-order valence-electron chi connectivity index (χ1n) is 9.45. The largest absolute Gasteiger partial charge is 0.451 e. The third kappa shape index (κ3) is 3.81. The second-order valence-electron chi connectivity index (χ2n) is 7.57. The number of esters is 1. The molecule has 1 unspecified atom stereocenters. The number of ether oxygens (including phenoxy) is 1. The Morgan fingerprint density at radius 3 is 2.45 bits per heavy atom. The van der Waals surface area contributed by atoms with Gasteiger partial charge in [0.25, 0.3) is 0 Å². The zero-order valence-electron chi connectivity index (χ0n) is 16.6. The van der Waals surface area contributed by atoms with Crippen molar-refractivity contribution in [2.45, 2.75) is 26.4 Å². The molecule has 29 heavy (non-hydrogen) atoms. The van der Waals surface area contributed by atoms with E-state index in [1.54, 1.807) is 18.2 Å². The van der Waals surface area contributed by atoms with Crippen LogP contribution in [0.5, 0.6) is 0 Å². The smallest absolute Gasteiger partial charge is 0.339 e. The molecular formula is C25H22FO2S+. The predicted molar refractivity (Wildman–Crippen MR) is 117 cm³/mol. The lowest BCUT2D eigenvalue weighted by Crippen LogP contribution is -2.25. The van der Waals surface area contributed by atoms with E-state index in [1.807, 2.05) is 32.0 Å². The molecule has 0 N–H and O–H groups in total. The summed E-state index contributed by atoms with van der Waals surface area (Å²) in [4.78, 5) is 14.0. The highest BCUT2D eigenvalue weighted by atomic mass is 32.2. The number of rotatable bonds is 4. The van der Waals surface area contributed by atoms with Crippen LogP contribution in [0, 0.1) is 12.7 Å². The molecule has 0 fully saturated rings. The van der Waals surface area contributed by atoms with E-state index >= 15 is 0 Å². The molecule has 4 aromatic rings. The maximum Gasteiger partial charge on any atom is 0.339 e. The summed E-state index contributed by atoms with van der Waals surface area (Å²) >= 11 is 0. The number of carbonyl (C=O) groups excluding carboxylic acids is 1. The lowest BCUT2D eigenvalue weighted by atomic mass is 9.98. The van der Waals surface area contributed by atoms with E-state index < -0.39 is 11.6 Å². The molecule has 0 saturated carbocycles. The van der Waals surface area contributed by atoms with Gasteiger partial charge in [0.05, 0.1) is 5.56 Å². The lowest BCUT2D eigenvalue weighted by Gasteiger charge is -2.25. The molecule has 0 aliphatic carbocycles. The quantitative estimate of drug-likeness (QED) is 0.267. The molecule has 2 nitrogen and oxygen atoms in total. The van der Waals surface area contributed by atoms with Crippen molar-refractivity contribution in [2.24, 2.45) is 0 Å². The van der Waals surface area contributed by atoms with E-state index in [4.69, 9.17) is 4.74 Å². The average Bonchev–Trinajstić information content (AvgIpc) is 3.05. The van der Waals surface area contributed by atoms with E-state index in [-0.39, 0.29) is 16.3 Å². The summed E-state index contributed by atoms with van der Waals surface area (Å²) in [7, 11) is -0.196.